The third-order valence-corrected chi connectivity index (χ3v) is 4.40. The quantitative estimate of drug-likeness (QED) is 0.217. The van der Waals surface area contributed by atoms with Gasteiger partial charge in [0.05, 0.1) is 25.3 Å². The summed E-state index contributed by atoms with van der Waals surface area (Å²) < 4.78 is 20.4. The number of aliphatic hydroxyl groups excluding tert-OH is 2. The van der Waals surface area contributed by atoms with E-state index in [-0.39, 0.29) is 65.8 Å². The molecule has 13 nitrogen and oxygen atoms in total. The molecule has 0 radical (unpaired) electrons. The van der Waals surface area contributed by atoms with Crippen LogP contribution in [-0.2, 0) is 13.8 Å². The van der Waals surface area contributed by atoms with Gasteiger partial charge in [-0.25, -0.2) is 9.46 Å². The average molecular weight is 412 g/mol. The third kappa shape index (κ3) is 5.26. The van der Waals surface area contributed by atoms with Crippen LogP contribution in [0.4, 0.5) is 0 Å². The van der Waals surface area contributed by atoms with Crippen LogP contribution in [0.1, 0.15) is 0 Å². The van der Waals surface area contributed by atoms with Crippen molar-refractivity contribution in [2.75, 3.05) is 13.3 Å². The van der Waals surface area contributed by atoms with Crippen LogP contribution in [0.2, 0.25) is 0 Å². The fourth-order valence-electron chi connectivity index (χ4n) is 2.82. The van der Waals surface area contributed by atoms with Crippen LogP contribution in [0, 0.1) is 0 Å². The number of aliphatic imine (C=N–C) groups is 2. The van der Waals surface area contributed by atoms with Gasteiger partial charge >= 0.3 is 66.9 Å². The molecule has 2 saturated heterocycles. The van der Waals surface area contributed by atoms with Gasteiger partial charge in [0.25, 0.3) is 0 Å². The first-order valence-electron chi connectivity index (χ1n) is 6.88. The van der Waals surface area contributed by atoms with Gasteiger partial charge in [0.15, 0.2) is 0 Å². The Hall–Kier alpha value is 0.850. The van der Waals surface area contributed by atoms with Crippen molar-refractivity contribution in [1.29, 1.82) is 0 Å². The Morgan fingerprint density at radius 2 is 1.96 bits per heavy atom. The molecule has 3 rings (SSSR count). The fraction of sp³-hybridized carbons (Fsp3) is 0.800. The molecule has 2 unspecified atom stereocenters. The summed E-state index contributed by atoms with van der Waals surface area (Å²) in [4.78, 5) is 25.6. The zero-order valence-electron chi connectivity index (χ0n) is 14.0. The molecule has 136 valence electrons. The standard InChI is InChI=1S/C10H17N4O9P.2Na/c15-5-3(1-22-24(19,20)21)23-9(6(5)16)14-2-11-4-7(14)12-10(18)13-8(4)17;;/h3-7,9,11,15-16H,1-2H2,(H2,19,20,21)(H2,12,13,17,18);;/q;2*+1/p-2/t3-,4?,5-,6-,7?,9-;;/m1../s1. The number of aliphatic hydroxyl groups is 2. The van der Waals surface area contributed by atoms with E-state index in [0.717, 1.165) is 0 Å². The maximum absolute atomic E-state index is 11.7. The smallest absolute Gasteiger partial charge is 0.860 e. The molecule has 3 heterocycles. The zero-order chi connectivity index (χ0) is 17.6. The van der Waals surface area contributed by atoms with Gasteiger partial charge in [-0.3, -0.25) is 19.8 Å². The summed E-state index contributed by atoms with van der Waals surface area (Å²) in [6.07, 6.45) is -6.28. The van der Waals surface area contributed by atoms with Crippen molar-refractivity contribution < 1.29 is 103 Å². The topological polar surface area (TPSA) is 203 Å². The molecule has 3 aliphatic heterocycles. The Morgan fingerprint density at radius 1 is 1.31 bits per heavy atom. The first-order chi connectivity index (χ1) is 11.2. The summed E-state index contributed by atoms with van der Waals surface area (Å²) in [7, 11) is -4.77. The number of nitrogens with zero attached hydrogens (tertiary/aromatic N) is 3. The van der Waals surface area contributed by atoms with Crippen LogP contribution < -0.4 is 74.6 Å². The van der Waals surface area contributed by atoms with E-state index >= 15 is 0 Å². The van der Waals surface area contributed by atoms with Crippen molar-refractivity contribution in [3.05, 3.63) is 0 Å². The van der Waals surface area contributed by atoms with Crippen molar-refractivity contribution in [1.82, 2.24) is 10.2 Å². The SMILES string of the molecule is O=P(O)(O)OC[C@H]1O[C@@H](N2CNC3C([O-])=NC([O-])=NC32)[C@H](O)[C@@H]1O.[Na+].[Na+]. The average Bonchev–Trinajstić information content (AvgIpc) is 3.00. The molecule has 2 fully saturated rings. The third-order valence-electron chi connectivity index (χ3n) is 3.92. The molecule has 3 aliphatic rings. The predicted octanol–water partition coefficient (Wildman–Crippen LogP) is -11.4. The number of hydrogen-bond donors (Lipinski definition) is 5. The van der Waals surface area contributed by atoms with Crippen molar-refractivity contribution in [3.8, 4) is 0 Å². The summed E-state index contributed by atoms with van der Waals surface area (Å²) in [5.74, 6) is -0.697. The summed E-state index contributed by atoms with van der Waals surface area (Å²) in [5.41, 5.74) is 0. The number of amidine groups is 1. The molecule has 0 bridgehead atoms. The molecule has 0 aromatic heterocycles. The Balaban J connectivity index is 0.00000169. The number of ether oxygens (including phenoxy) is 1. The van der Waals surface area contributed by atoms with E-state index in [1.165, 1.54) is 4.90 Å². The van der Waals surface area contributed by atoms with Gasteiger partial charge in [0, 0.05) is 0 Å². The minimum Gasteiger partial charge on any atom is -0.860 e. The molecule has 0 amide bonds. The second-order valence-corrected chi connectivity index (χ2v) is 6.70. The Labute approximate surface area is 191 Å². The van der Waals surface area contributed by atoms with Crippen molar-refractivity contribution in [2.45, 2.75) is 36.7 Å². The van der Waals surface area contributed by atoms with E-state index in [1.807, 2.05) is 0 Å². The molecule has 0 aliphatic carbocycles. The Kier molecular flexibility index (Phi) is 9.16. The largest absolute Gasteiger partial charge is 1.00 e. The van der Waals surface area contributed by atoms with Gasteiger partial charge in [-0.15, -0.1) is 0 Å². The summed E-state index contributed by atoms with van der Waals surface area (Å²) in [6, 6.07) is -1.83. The molecule has 6 atom stereocenters. The van der Waals surface area contributed by atoms with Gasteiger partial charge in [0.2, 0.25) is 0 Å². The number of rotatable bonds is 4. The van der Waals surface area contributed by atoms with Crippen LogP contribution in [-0.4, -0.2) is 86.8 Å². The Morgan fingerprint density at radius 3 is 2.58 bits per heavy atom. The van der Waals surface area contributed by atoms with Crippen molar-refractivity contribution >= 4 is 19.7 Å². The number of phosphoric ester groups is 1. The molecule has 0 aromatic carbocycles. The number of fused-ring (bicyclic) bond motifs is 1. The molecule has 5 N–H and O–H groups in total. The van der Waals surface area contributed by atoms with E-state index < -0.39 is 63.1 Å². The summed E-state index contributed by atoms with van der Waals surface area (Å²) in [6.45, 7) is -0.632. The summed E-state index contributed by atoms with van der Waals surface area (Å²) in [5, 5.41) is 45.8. The fourth-order valence-corrected chi connectivity index (χ4v) is 3.16. The normalized spacial score (nSPS) is 37.2. The first-order valence-corrected chi connectivity index (χ1v) is 8.41. The van der Waals surface area contributed by atoms with Gasteiger partial charge < -0.3 is 34.9 Å². The Bertz CT molecular complexity index is 619. The molecule has 0 saturated carbocycles. The van der Waals surface area contributed by atoms with Gasteiger partial charge in [-0.2, -0.15) is 0 Å². The van der Waals surface area contributed by atoms with Crippen LogP contribution in [0.5, 0.6) is 0 Å². The minimum absolute atomic E-state index is 0. The van der Waals surface area contributed by atoms with Crippen LogP contribution in [0.25, 0.3) is 0 Å². The molecule has 0 aromatic rings. The van der Waals surface area contributed by atoms with Crippen LogP contribution >= 0.6 is 7.82 Å². The molecule has 0 spiro atoms. The maximum atomic E-state index is 11.7. The monoisotopic (exact) mass is 412 g/mol. The van der Waals surface area contributed by atoms with Crippen molar-refractivity contribution in [2.24, 2.45) is 9.98 Å². The van der Waals surface area contributed by atoms with E-state index in [9.17, 15) is 25.0 Å². The molecular formula is C10H15N4Na2O9P. The van der Waals surface area contributed by atoms with E-state index in [1.54, 1.807) is 0 Å². The van der Waals surface area contributed by atoms with Gasteiger partial charge in [-0.1, -0.05) is 0 Å². The van der Waals surface area contributed by atoms with Crippen LogP contribution in [0.3, 0.4) is 0 Å². The first kappa shape index (κ1) is 24.9. The molecular weight excluding hydrogens is 397 g/mol. The number of phosphoric acid groups is 1. The second-order valence-electron chi connectivity index (χ2n) is 5.46. The molecule has 16 heteroatoms. The molecule has 26 heavy (non-hydrogen) atoms. The van der Waals surface area contributed by atoms with E-state index in [0.29, 0.717) is 0 Å². The van der Waals surface area contributed by atoms with Crippen molar-refractivity contribution in [3.63, 3.8) is 0 Å². The maximum Gasteiger partial charge on any atom is 1.00 e. The number of nitrogens with one attached hydrogen (secondary N) is 1. The van der Waals surface area contributed by atoms with E-state index in [2.05, 4.69) is 19.8 Å². The minimum atomic E-state index is -4.77. The zero-order valence-corrected chi connectivity index (χ0v) is 18.9. The predicted molar refractivity (Wildman–Crippen MR) is 71.0 cm³/mol. The summed E-state index contributed by atoms with van der Waals surface area (Å²) >= 11 is 0. The van der Waals surface area contributed by atoms with Gasteiger partial charge in [-0.05, 0) is 5.90 Å². The van der Waals surface area contributed by atoms with Crippen LogP contribution in [0.15, 0.2) is 9.98 Å². The number of hydrogen-bond acceptors (Lipinski definition) is 11. The van der Waals surface area contributed by atoms with Gasteiger partial charge in [0.1, 0.15) is 30.7 Å². The van der Waals surface area contributed by atoms with E-state index in [4.69, 9.17) is 14.5 Å². The second kappa shape index (κ2) is 9.57.